The number of carbonyl (C=O) groups excluding carboxylic acids is 2. The van der Waals surface area contributed by atoms with E-state index in [9.17, 15) is 9.59 Å². The number of hydrogen-bond donors (Lipinski definition) is 1. The number of nitrogens with one attached hydrogen (secondary N) is 1. The predicted molar refractivity (Wildman–Crippen MR) is 211 cm³/mol. The lowest BCUT2D eigenvalue weighted by molar-refractivity contribution is -0.149. The Kier molecular flexibility index (Phi) is 17.8. The second-order valence-corrected chi connectivity index (χ2v) is 13.8. The number of methoxy groups -OCH3 is 1. The molecule has 0 bridgehead atoms. The number of ether oxygens (including phenoxy) is 8. The first-order valence-corrected chi connectivity index (χ1v) is 19.1. The van der Waals surface area contributed by atoms with E-state index >= 15 is 0 Å². The van der Waals surface area contributed by atoms with Crippen molar-refractivity contribution in [1.82, 2.24) is 19.9 Å². The minimum absolute atomic E-state index is 0.0318. The topological polar surface area (TPSA) is 165 Å². The average molecular weight is 783 g/mol. The van der Waals surface area contributed by atoms with Gasteiger partial charge >= 0.3 is 12.1 Å². The van der Waals surface area contributed by atoms with Crippen LogP contribution in [-0.2, 0) is 33.2 Å². The number of carbonyl (C=O) groups is 2. The summed E-state index contributed by atoms with van der Waals surface area (Å²) in [6.45, 7) is 16.6. The first-order valence-electron chi connectivity index (χ1n) is 19.1. The van der Waals surface area contributed by atoms with E-state index in [2.05, 4.69) is 22.1 Å². The van der Waals surface area contributed by atoms with Crippen molar-refractivity contribution in [2.75, 3.05) is 103 Å². The molecule has 4 rings (SSSR count). The Balaban J connectivity index is 1.21. The summed E-state index contributed by atoms with van der Waals surface area (Å²) >= 11 is 0. The van der Waals surface area contributed by atoms with Gasteiger partial charge < -0.3 is 53.0 Å². The summed E-state index contributed by atoms with van der Waals surface area (Å²) in [6, 6.07) is 9.64. The largest absolute Gasteiger partial charge is 0.493 e. The molecule has 1 N–H and O–H groups in total. The summed E-state index contributed by atoms with van der Waals surface area (Å²) in [5.74, 6) is 2.07. The third-order valence-corrected chi connectivity index (χ3v) is 8.43. The summed E-state index contributed by atoms with van der Waals surface area (Å²) in [7, 11) is 1.61. The minimum Gasteiger partial charge on any atom is -0.493 e. The molecule has 3 heterocycles. The van der Waals surface area contributed by atoms with Crippen LogP contribution in [0, 0.1) is 6.92 Å². The molecular weight excluding hydrogens is 724 g/mol. The van der Waals surface area contributed by atoms with Gasteiger partial charge in [-0.15, -0.1) is 0 Å². The van der Waals surface area contributed by atoms with Crippen molar-refractivity contribution in [3.63, 3.8) is 0 Å². The maximum atomic E-state index is 12.8. The smallest absolute Gasteiger partial charge is 0.410 e. The highest BCUT2D eigenvalue weighted by Crippen LogP contribution is 2.35. The molecule has 308 valence electrons. The molecule has 0 saturated carbocycles. The molecule has 1 aliphatic rings. The molecule has 2 aromatic heterocycles. The Bertz CT molecular complexity index is 1660. The van der Waals surface area contributed by atoms with E-state index in [0.29, 0.717) is 96.5 Å². The first-order chi connectivity index (χ1) is 27.0. The van der Waals surface area contributed by atoms with Gasteiger partial charge in [0.15, 0.2) is 11.5 Å². The molecule has 1 aromatic carbocycles. The molecule has 1 saturated heterocycles. The van der Waals surface area contributed by atoms with Crippen molar-refractivity contribution in [3.8, 4) is 22.8 Å². The molecule has 16 nitrogen and oxygen atoms in total. The van der Waals surface area contributed by atoms with Gasteiger partial charge in [-0.25, -0.2) is 24.5 Å². The second-order valence-electron chi connectivity index (χ2n) is 13.8. The van der Waals surface area contributed by atoms with Crippen LogP contribution in [0.1, 0.15) is 46.6 Å². The molecule has 16 heteroatoms. The maximum Gasteiger partial charge on any atom is 0.410 e. The van der Waals surface area contributed by atoms with Gasteiger partial charge in [0.05, 0.1) is 71.7 Å². The van der Waals surface area contributed by atoms with Crippen LogP contribution in [0.15, 0.2) is 42.7 Å². The number of pyridine rings is 1. The first kappa shape index (κ1) is 44.0. The Morgan fingerprint density at radius 3 is 2.21 bits per heavy atom. The number of nitrogens with zero attached hydrogens (tertiary/aromatic N) is 5. The number of rotatable bonds is 22. The van der Waals surface area contributed by atoms with Crippen LogP contribution in [0.3, 0.4) is 0 Å². The Labute approximate surface area is 330 Å². The van der Waals surface area contributed by atoms with E-state index in [1.165, 1.54) is 0 Å². The molecule has 1 aliphatic heterocycles. The van der Waals surface area contributed by atoms with Crippen molar-refractivity contribution in [3.05, 3.63) is 48.3 Å². The molecule has 3 aromatic rings. The lowest BCUT2D eigenvalue weighted by Crippen LogP contribution is -2.56. The molecule has 0 radical (unpaired) electrons. The fourth-order valence-corrected chi connectivity index (χ4v) is 5.82. The molecule has 1 unspecified atom stereocenters. The van der Waals surface area contributed by atoms with Crippen LogP contribution in [0.4, 0.5) is 22.2 Å². The molecule has 1 amide bonds. The summed E-state index contributed by atoms with van der Waals surface area (Å²) in [5, 5.41) is 3.29. The summed E-state index contributed by atoms with van der Waals surface area (Å²) in [5.41, 5.74) is 2.65. The number of aromatic nitrogens is 3. The summed E-state index contributed by atoms with van der Waals surface area (Å²) < 4.78 is 43.9. The van der Waals surface area contributed by atoms with Crippen LogP contribution < -0.4 is 19.7 Å². The van der Waals surface area contributed by atoms with Crippen molar-refractivity contribution < 1.29 is 47.5 Å². The Hall–Kier alpha value is -4.77. The summed E-state index contributed by atoms with van der Waals surface area (Å²) in [6.07, 6.45) is 4.06. The SMILES string of the molecule is CCOC(=O)COCCOCCOCCOCCOc1cc(Nc2nccc(-c3ccc(N4CCN(C(=O)OC(C)(C)C)C(CC)C4)nc3)n2)cc(C)c1OC. The van der Waals surface area contributed by atoms with Crippen LogP contribution in [-0.4, -0.2) is 136 Å². The van der Waals surface area contributed by atoms with Crippen LogP contribution in [0.5, 0.6) is 11.5 Å². The van der Waals surface area contributed by atoms with E-state index in [4.69, 9.17) is 47.9 Å². The van der Waals surface area contributed by atoms with Crippen LogP contribution in [0.25, 0.3) is 11.3 Å². The lowest BCUT2D eigenvalue weighted by Gasteiger charge is -2.41. The average Bonchev–Trinajstić information content (AvgIpc) is 3.17. The molecule has 1 atom stereocenters. The van der Waals surface area contributed by atoms with E-state index < -0.39 is 5.60 Å². The van der Waals surface area contributed by atoms with Crippen LogP contribution in [0.2, 0.25) is 0 Å². The van der Waals surface area contributed by atoms with E-state index in [-0.39, 0.29) is 24.7 Å². The van der Waals surface area contributed by atoms with E-state index in [1.54, 1.807) is 20.2 Å². The van der Waals surface area contributed by atoms with Crippen molar-refractivity contribution in [2.45, 2.75) is 59.6 Å². The normalized spacial score (nSPS) is 14.4. The van der Waals surface area contributed by atoms with Gasteiger partial charge in [-0.05, 0) is 70.9 Å². The quantitative estimate of drug-likeness (QED) is 0.101. The summed E-state index contributed by atoms with van der Waals surface area (Å²) in [4.78, 5) is 42.0. The molecule has 56 heavy (non-hydrogen) atoms. The van der Waals surface area contributed by atoms with Gasteiger partial charge in [-0.3, -0.25) is 0 Å². The number of benzene rings is 1. The van der Waals surface area contributed by atoms with Gasteiger partial charge in [-0.1, -0.05) is 6.92 Å². The highest BCUT2D eigenvalue weighted by atomic mass is 16.6. The number of esters is 1. The highest BCUT2D eigenvalue weighted by Gasteiger charge is 2.32. The standard InChI is InChI=1S/C40H58N6O10/c1-8-32-27-45(14-15-46(32)39(48)56-40(4,5)6)35-11-10-30(26-42-35)33-12-13-41-38(44-33)43-31-24-29(3)37(49-7)34(25-31)55-23-22-52-19-18-50-16-17-51-20-21-53-28-36(47)54-9-2/h10-13,24-26,32H,8-9,14-23,27-28H2,1-7H3,(H,41,43,44). The fraction of sp³-hybridized carbons (Fsp3) is 0.575. The zero-order valence-electron chi connectivity index (χ0n) is 33.8. The minimum atomic E-state index is -0.536. The molecule has 1 fully saturated rings. The number of anilines is 3. The number of piperazine rings is 1. The number of amides is 1. The van der Waals surface area contributed by atoms with Gasteiger partial charge in [-0.2, -0.15) is 0 Å². The third-order valence-electron chi connectivity index (χ3n) is 8.43. The second kappa shape index (κ2) is 22.7. The maximum absolute atomic E-state index is 12.8. The van der Waals surface area contributed by atoms with Gasteiger partial charge in [0.1, 0.15) is 24.6 Å². The van der Waals surface area contributed by atoms with E-state index in [1.807, 2.05) is 69.1 Å². The monoisotopic (exact) mass is 782 g/mol. The molecule has 0 spiro atoms. The number of aryl methyl sites for hydroxylation is 1. The zero-order valence-corrected chi connectivity index (χ0v) is 33.8. The molecular formula is C40H58N6O10. The van der Waals surface area contributed by atoms with Gasteiger partial charge in [0.25, 0.3) is 0 Å². The Morgan fingerprint density at radius 2 is 1.59 bits per heavy atom. The zero-order chi connectivity index (χ0) is 40.3. The van der Waals surface area contributed by atoms with Crippen molar-refractivity contribution in [2.24, 2.45) is 0 Å². The van der Waals surface area contributed by atoms with Gasteiger partial charge in [0.2, 0.25) is 5.95 Å². The fourth-order valence-electron chi connectivity index (χ4n) is 5.82. The highest BCUT2D eigenvalue weighted by molar-refractivity contribution is 5.71. The predicted octanol–water partition coefficient (Wildman–Crippen LogP) is 5.44. The number of hydrogen-bond acceptors (Lipinski definition) is 15. The van der Waals surface area contributed by atoms with Crippen molar-refractivity contribution >= 4 is 29.5 Å². The third kappa shape index (κ3) is 14.4. The van der Waals surface area contributed by atoms with Crippen LogP contribution >= 0.6 is 0 Å². The molecule has 0 aliphatic carbocycles. The van der Waals surface area contributed by atoms with Gasteiger partial charge in [0, 0.05) is 49.3 Å². The Morgan fingerprint density at radius 1 is 0.893 bits per heavy atom. The van der Waals surface area contributed by atoms with E-state index in [0.717, 1.165) is 34.7 Å². The lowest BCUT2D eigenvalue weighted by atomic mass is 10.1. The van der Waals surface area contributed by atoms with Crippen molar-refractivity contribution in [1.29, 1.82) is 0 Å².